The van der Waals surface area contributed by atoms with E-state index in [-0.39, 0.29) is 18.3 Å². The summed E-state index contributed by atoms with van der Waals surface area (Å²) in [6.07, 6.45) is 0.982. The molecule has 5 heteroatoms. The Hall–Kier alpha value is -1.59. The Morgan fingerprint density at radius 1 is 1.20 bits per heavy atom. The number of nitrogens with zero attached hydrogens (tertiary/aromatic N) is 2. The molecule has 0 amide bonds. The number of aliphatic carboxylic acids is 1. The fourth-order valence-electron chi connectivity index (χ4n) is 2.69. The molecule has 1 aliphatic rings. The van der Waals surface area contributed by atoms with Gasteiger partial charge in [0.2, 0.25) is 0 Å². The van der Waals surface area contributed by atoms with Gasteiger partial charge in [-0.25, -0.2) is 0 Å². The summed E-state index contributed by atoms with van der Waals surface area (Å²) in [6.45, 7) is 5.74. The zero-order valence-electron chi connectivity index (χ0n) is 11.8. The largest absolute Gasteiger partial charge is 0.508 e. The lowest BCUT2D eigenvalue weighted by molar-refractivity contribution is -0.138. The predicted molar refractivity (Wildman–Crippen MR) is 76.8 cm³/mol. The molecule has 1 heterocycles. The van der Waals surface area contributed by atoms with Crippen molar-refractivity contribution in [3.63, 3.8) is 0 Å². The number of benzene rings is 1. The van der Waals surface area contributed by atoms with Crippen LogP contribution in [0.5, 0.6) is 5.75 Å². The number of phenols is 1. The zero-order chi connectivity index (χ0) is 14.5. The monoisotopic (exact) mass is 278 g/mol. The number of aromatic hydroxyl groups is 1. The minimum Gasteiger partial charge on any atom is -0.508 e. The van der Waals surface area contributed by atoms with Crippen LogP contribution in [0.25, 0.3) is 0 Å². The topological polar surface area (TPSA) is 64.0 Å². The highest BCUT2D eigenvalue weighted by Crippen LogP contribution is 2.23. The molecule has 0 aliphatic carbocycles. The second-order valence-corrected chi connectivity index (χ2v) is 5.33. The Balaban J connectivity index is 1.95. The molecule has 2 rings (SSSR count). The fraction of sp³-hybridized carbons (Fsp3) is 0.533. The number of hydrogen-bond acceptors (Lipinski definition) is 4. The Bertz CT molecular complexity index is 447. The molecule has 1 unspecified atom stereocenters. The maximum atomic E-state index is 10.8. The van der Waals surface area contributed by atoms with Crippen LogP contribution in [-0.2, 0) is 4.79 Å². The van der Waals surface area contributed by atoms with Gasteiger partial charge in [0.05, 0.1) is 6.54 Å². The van der Waals surface area contributed by atoms with Crippen molar-refractivity contribution in [1.82, 2.24) is 9.80 Å². The first-order valence-electron chi connectivity index (χ1n) is 7.03. The van der Waals surface area contributed by atoms with Crippen molar-refractivity contribution in [2.24, 2.45) is 0 Å². The highest BCUT2D eigenvalue weighted by Gasteiger charge is 2.21. The van der Waals surface area contributed by atoms with Crippen molar-refractivity contribution < 1.29 is 15.0 Å². The molecule has 0 aromatic heterocycles. The average Bonchev–Trinajstić information content (AvgIpc) is 2.64. The van der Waals surface area contributed by atoms with Gasteiger partial charge in [-0.3, -0.25) is 14.6 Å². The molecule has 20 heavy (non-hydrogen) atoms. The van der Waals surface area contributed by atoms with E-state index in [4.69, 9.17) is 5.11 Å². The lowest BCUT2D eigenvalue weighted by Crippen LogP contribution is -2.35. The number of phenolic OH excluding ortho intramolecular Hbond substituents is 1. The van der Waals surface area contributed by atoms with Gasteiger partial charge in [0.15, 0.2) is 0 Å². The number of carboxylic acid groups (broad SMARTS) is 1. The van der Waals surface area contributed by atoms with Gasteiger partial charge >= 0.3 is 5.97 Å². The third-order valence-electron chi connectivity index (χ3n) is 3.91. The van der Waals surface area contributed by atoms with Crippen molar-refractivity contribution in [3.8, 4) is 5.75 Å². The van der Waals surface area contributed by atoms with Gasteiger partial charge in [-0.15, -0.1) is 0 Å². The van der Waals surface area contributed by atoms with Crippen LogP contribution in [0.1, 0.15) is 24.9 Å². The van der Waals surface area contributed by atoms with Crippen molar-refractivity contribution in [1.29, 1.82) is 0 Å². The fourth-order valence-corrected chi connectivity index (χ4v) is 2.69. The molecule has 2 N–H and O–H groups in total. The van der Waals surface area contributed by atoms with Crippen LogP contribution in [0.3, 0.4) is 0 Å². The van der Waals surface area contributed by atoms with Crippen LogP contribution in [0.15, 0.2) is 24.3 Å². The minimum absolute atomic E-state index is 0.126. The molecule has 0 radical (unpaired) electrons. The molecule has 1 aromatic rings. The molecule has 1 saturated heterocycles. The second kappa shape index (κ2) is 6.72. The van der Waals surface area contributed by atoms with Gasteiger partial charge in [0, 0.05) is 32.2 Å². The van der Waals surface area contributed by atoms with E-state index in [0.29, 0.717) is 0 Å². The lowest BCUT2D eigenvalue weighted by Gasteiger charge is -2.28. The van der Waals surface area contributed by atoms with E-state index in [0.717, 1.165) is 32.6 Å². The van der Waals surface area contributed by atoms with Gasteiger partial charge in [-0.2, -0.15) is 0 Å². The highest BCUT2D eigenvalue weighted by atomic mass is 16.4. The molecule has 0 saturated carbocycles. The summed E-state index contributed by atoms with van der Waals surface area (Å²) < 4.78 is 0. The third kappa shape index (κ3) is 3.95. The van der Waals surface area contributed by atoms with Gasteiger partial charge < -0.3 is 10.2 Å². The summed E-state index contributed by atoms with van der Waals surface area (Å²) in [5.41, 5.74) is 1.18. The van der Waals surface area contributed by atoms with E-state index in [1.807, 2.05) is 17.0 Å². The van der Waals surface area contributed by atoms with Crippen LogP contribution >= 0.6 is 0 Å². The first-order chi connectivity index (χ1) is 9.56. The Morgan fingerprint density at radius 3 is 2.55 bits per heavy atom. The Kier molecular flexibility index (Phi) is 4.98. The second-order valence-electron chi connectivity index (χ2n) is 5.33. The lowest BCUT2D eigenvalue weighted by atomic mass is 10.1. The molecular weight excluding hydrogens is 256 g/mol. The molecule has 1 atom stereocenters. The summed E-state index contributed by atoms with van der Waals surface area (Å²) in [5.74, 6) is -0.477. The van der Waals surface area contributed by atoms with Crippen molar-refractivity contribution in [3.05, 3.63) is 29.8 Å². The van der Waals surface area contributed by atoms with Crippen molar-refractivity contribution in [2.45, 2.75) is 19.4 Å². The molecule has 0 bridgehead atoms. The van der Waals surface area contributed by atoms with Crippen molar-refractivity contribution >= 4 is 5.97 Å². The van der Waals surface area contributed by atoms with E-state index in [2.05, 4.69) is 11.8 Å². The number of carboxylic acids is 1. The van der Waals surface area contributed by atoms with Crippen LogP contribution in [-0.4, -0.2) is 58.7 Å². The van der Waals surface area contributed by atoms with E-state index in [1.165, 1.54) is 5.56 Å². The molecular formula is C15H22N2O3. The summed E-state index contributed by atoms with van der Waals surface area (Å²) in [5, 5.41) is 18.2. The van der Waals surface area contributed by atoms with Gasteiger partial charge in [-0.05, 0) is 31.0 Å². The zero-order valence-corrected chi connectivity index (χ0v) is 11.8. The standard InChI is InChI=1S/C15H22N2O3/c1-12(13-3-5-14(18)6-4-13)17-8-2-7-16(9-10-17)11-15(19)20/h3-6,12,18H,2,7-11H2,1H3,(H,19,20). The molecule has 0 spiro atoms. The van der Waals surface area contributed by atoms with Crippen LogP contribution in [0.2, 0.25) is 0 Å². The van der Waals surface area contributed by atoms with Crippen LogP contribution in [0, 0.1) is 0 Å². The number of hydrogen-bond donors (Lipinski definition) is 2. The number of rotatable bonds is 4. The molecule has 1 aliphatic heterocycles. The quantitative estimate of drug-likeness (QED) is 0.875. The molecule has 1 aromatic carbocycles. The first kappa shape index (κ1) is 14.8. The molecule has 110 valence electrons. The molecule has 5 nitrogen and oxygen atoms in total. The Morgan fingerprint density at radius 2 is 1.90 bits per heavy atom. The summed E-state index contributed by atoms with van der Waals surface area (Å²) in [7, 11) is 0. The highest BCUT2D eigenvalue weighted by molar-refractivity contribution is 5.69. The van der Waals surface area contributed by atoms with Crippen LogP contribution < -0.4 is 0 Å². The van der Waals surface area contributed by atoms with Gasteiger partial charge in [0.25, 0.3) is 0 Å². The third-order valence-corrected chi connectivity index (χ3v) is 3.91. The van der Waals surface area contributed by atoms with Gasteiger partial charge in [0.1, 0.15) is 5.75 Å². The summed E-state index contributed by atoms with van der Waals surface area (Å²) in [4.78, 5) is 15.1. The maximum Gasteiger partial charge on any atom is 0.317 e. The smallest absolute Gasteiger partial charge is 0.317 e. The van der Waals surface area contributed by atoms with E-state index >= 15 is 0 Å². The summed E-state index contributed by atoms with van der Waals surface area (Å²) >= 11 is 0. The van der Waals surface area contributed by atoms with E-state index < -0.39 is 5.97 Å². The van der Waals surface area contributed by atoms with Crippen molar-refractivity contribution in [2.75, 3.05) is 32.7 Å². The maximum absolute atomic E-state index is 10.8. The summed E-state index contributed by atoms with van der Waals surface area (Å²) in [6, 6.07) is 7.58. The molecule has 1 fully saturated rings. The number of carbonyl (C=O) groups is 1. The predicted octanol–water partition coefficient (Wildman–Crippen LogP) is 1.55. The normalized spacial score (nSPS) is 19.4. The SMILES string of the molecule is CC(c1ccc(O)cc1)N1CCCN(CC(=O)O)CC1. The Labute approximate surface area is 119 Å². The van der Waals surface area contributed by atoms with E-state index in [1.54, 1.807) is 12.1 Å². The first-order valence-corrected chi connectivity index (χ1v) is 7.03. The van der Waals surface area contributed by atoms with Gasteiger partial charge in [-0.1, -0.05) is 12.1 Å². The average molecular weight is 278 g/mol. The minimum atomic E-state index is -0.759. The van der Waals surface area contributed by atoms with E-state index in [9.17, 15) is 9.90 Å². The van der Waals surface area contributed by atoms with Crippen LogP contribution in [0.4, 0.5) is 0 Å².